The van der Waals surface area contributed by atoms with Gasteiger partial charge in [0.2, 0.25) is 0 Å². The first kappa shape index (κ1) is 14.2. The van der Waals surface area contributed by atoms with Gasteiger partial charge in [0.25, 0.3) is 0 Å². The molecule has 0 bridgehead atoms. The fraction of sp³-hybridized carbons (Fsp3) is 0.143. The second-order valence-corrected chi connectivity index (χ2v) is 5.66. The van der Waals surface area contributed by atoms with Crippen molar-refractivity contribution in [2.75, 3.05) is 7.11 Å². The summed E-state index contributed by atoms with van der Waals surface area (Å²) in [6.07, 6.45) is 1.86. The van der Waals surface area contributed by atoms with Crippen molar-refractivity contribution in [3.63, 3.8) is 0 Å². The molecule has 98 valence electrons. The van der Waals surface area contributed by atoms with Crippen molar-refractivity contribution >= 4 is 37.6 Å². The maximum atomic E-state index is 12.3. The molecule has 0 radical (unpaired) electrons. The second-order valence-electron chi connectivity index (χ2n) is 3.89. The highest BCUT2D eigenvalue weighted by molar-refractivity contribution is 9.10. The number of nitrogens with zero attached hydrogens (tertiary/aromatic N) is 1. The van der Waals surface area contributed by atoms with Crippen LogP contribution in [0, 0.1) is 0 Å². The average molecular weight is 385 g/mol. The number of carbonyl (C=O) groups excluding carboxylic acids is 1. The van der Waals surface area contributed by atoms with E-state index in [1.807, 2.05) is 18.2 Å². The number of carbonyl (C=O) groups is 1. The quantitative estimate of drug-likeness (QED) is 0.746. The first-order valence-corrected chi connectivity index (χ1v) is 7.16. The molecule has 0 saturated heterocycles. The Hall–Kier alpha value is -1.20. The lowest BCUT2D eigenvalue weighted by atomic mass is 10.1. The Kier molecular flexibility index (Phi) is 4.71. The number of ether oxygens (including phenoxy) is 1. The maximum Gasteiger partial charge on any atom is 0.186 e. The summed E-state index contributed by atoms with van der Waals surface area (Å²) in [5.41, 5.74) is 1.27. The van der Waals surface area contributed by atoms with Gasteiger partial charge in [-0.25, -0.2) is 0 Å². The molecule has 0 fully saturated rings. The summed E-state index contributed by atoms with van der Waals surface area (Å²) < 4.78 is 6.88. The van der Waals surface area contributed by atoms with Crippen LogP contribution in [0.25, 0.3) is 0 Å². The number of Topliss-reactive ketones (excluding diaryl/α,β-unsaturated/α-hetero) is 1. The van der Waals surface area contributed by atoms with Gasteiger partial charge in [-0.1, -0.05) is 15.9 Å². The lowest BCUT2D eigenvalue weighted by molar-refractivity contribution is 0.0986. The molecule has 0 N–H and O–H groups in total. The van der Waals surface area contributed by atoms with E-state index in [9.17, 15) is 4.79 Å². The minimum absolute atomic E-state index is 0.0520. The first-order chi connectivity index (χ1) is 9.11. The number of hydrogen-bond donors (Lipinski definition) is 0. The van der Waals surface area contributed by atoms with Crippen LogP contribution in [0.3, 0.4) is 0 Å². The van der Waals surface area contributed by atoms with Crippen molar-refractivity contribution in [3.05, 3.63) is 56.7 Å². The Bertz CT molecular complexity index is 614. The lowest BCUT2D eigenvalue weighted by Crippen LogP contribution is -2.07. The third-order valence-electron chi connectivity index (χ3n) is 2.62. The Labute approximate surface area is 128 Å². The molecule has 5 heteroatoms. The van der Waals surface area contributed by atoms with E-state index in [1.165, 1.54) is 0 Å². The fourth-order valence-corrected chi connectivity index (χ4v) is 2.62. The Morgan fingerprint density at radius 3 is 2.79 bits per heavy atom. The van der Waals surface area contributed by atoms with Crippen LogP contribution in [0.2, 0.25) is 0 Å². The normalized spacial score (nSPS) is 10.3. The number of pyridine rings is 1. The predicted molar refractivity (Wildman–Crippen MR) is 80.7 cm³/mol. The molecule has 1 aromatic heterocycles. The SMILES string of the molecule is COc1ccc(Br)cc1CC(=O)c1ncccc1Br. The largest absolute Gasteiger partial charge is 0.496 e. The van der Waals surface area contributed by atoms with Crippen LogP contribution in [0.1, 0.15) is 16.1 Å². The number of halogens is 2. The molecule has 0 aliphatic carbocycles. The average Bonchev–Trinajstić information content (AvgIpc) is 2.39. The Balaban J connectivity index is 2.29. The summed E-state index contributed by atoms with van der Waals surface area (Å²) in [7, 11) is 1.59. The van der Waals surface area contributed by atoms with E-state index in [0.29, 0.717) is 15.9 Å². The molecule has 1 aromatic carbocycles. The minimum atomic E-state index is -0.0520. The van der Waals surface area contributed by atoms with Gasteiger partial charge in [-0.2, -0.15) is 0 Å². The predicted octanol–water partition coefficient (Wildman–Crippen LogP) is 4.04. The van der Waals surface area contributed by atoms with Crippen LogP contribution >= 0.6 is 31.9 Å². The molecule has 0 aliphatic heterocycles. The van der Waals surface area contributed by atoms with Crippen molar-refractivity contribution in [1.29, 1.82) is 0 Å². The highest BCUT2D eigenvalue weighted by atomic mass is 79.9. The van der Waals surface area contributed by atoms with Gasteiger partial charge >= 0.3 is 0 Å². The molecule has 2 aromatic rings. The number of ketones is 1. The smallest absolute Gasteiger partial charge is 0.186 e. The van der Waals surface area contributed by atoms with Crippen molar-refractivity contribution in [3.8, 4) is 5.75 Å². The number of methoxy groups -OCH3 is 1. The molecule has 3 nitrogen and oxygen atoms in total. The maximum absolute atomic E-state index is 12.3. The summed E-state index contributed by atoms with van der Waals surface area (Å²) in [6, 6.07) is 9.18. The van der Waals surface area contributed by atoms with E-state index in [-0.39, 0.29) is 12.2 Å². The van der Waals surface area contributed by atoms with Gasteiger partial charge in [0.1, 0.15) is 11.4 Å². The summed E-state index contributed by atoms with van der Waals surface area (Å²) in [5, 5.41) is 0. The van der Waals surface area contributed by atoms with Gasteiger partial charge in [0.05, 0.1) is 7.11 Å². The first-order valence-electron chi connectivity index (χ1n) is 5.58. The highest BCUT2D eigenvalue weighted by Crippen LogP contribution is 2.25. The molecule has 0 unspecified atom stereocenters. The molecule has 19 heavy (non-hydrogen) atoms. The van der Waals surface area contributed by atoms with E-state index < -0.39 is 0 Å². The second kappa shape index (κ2) is 6.30. The fourth-order valence-electron chi connectivity index (χ4n) is 1.73. The zero-order chi connectivity index (χ0) is 13.8. The van der Waals surface area contributed by atoms with Crippen LogP contribution in [0.15, 0.2) is 45.5 Å². The molecule has 0 atom stereocenters. The van der Waals surface area contributed by atoms with Gasteiger partial charge in [0.15, 0.2) is 5.78 Å². The monoisotopic (exact) mass is 383 g/mol. The number of aromatic nitrogens is 1. The number of rotatable bonds is 4. The number of hydrogen-bond acceptors (Lipinski definition) is 3. The molecule has 0 spiro atoms. The van der Waals surface area contributed by atoms with E-state index >= 15 is 0 Å². The van der Waals surface area contributed by atoms with E-state index in [4.69, 9.17) is 4.74 Å². The van der Waals surface area contributed by atoms with Crippen molar-refractivity contribution in [2.45, 2.75) is 6.42 Å². The van der Waals surface area contributed by atoms with Crippen LogP contribution in [0.4, 0.5) is 0 Å². The summed E-state index contributed by atoms with van der Waals surface area (Å²) in [6.45, 7) is 0. The molecular formula is C14H11Br2NO2. The molecule has 1 heterocycles. The van der Waals surface area contributed by atoms with Crippen LogP contribution in [0.5, 0.6) is 5.75 Å². The molecular weight excluding hydrogens is 374 g/mol. The van der Waals surface area contributed by atoms with Crippen molar-refractivity contribution in [2.24, 2.45) is 0 Å². The van der Waals surface area contributed by atoms with E-state index in [0.717, 1.165) is 10.0 Å². The third-order valence-corrected chi connectivity index (χ3v) is 3.75. The van der Waals surface area contributed by atoms with Gasteiger partial charge < -0.3 is 4.74 Å². The highest BCUT2D eigenvalue weighted by Gasteiger charge is 2.14. The van der Waals surface area contributed by atoms with Crippen LogP contribution < -0.4 is 4.74 Å². The molecule has 0 saturated carbocycles. The summed E-state index contributed by atoms with van der Waals surface area (Å²) >= 11 is 6.73. The molecule has 2 rings (SSSR count). The minimum Gasteiger partial charge on any atom is -0.496 e. The van der Waals surface area contributed by atoms with Crippen LogP contribution in [-0.4, -0.2) is 17.9 Å². The third kappa shape index (κ3) is 3.42. The zero-order valence-corrected chi connectivity index (χ0v) is 13.4. The zero-order valence-electron chi connectivity index (χ0n) is 10.2. The van der Waals surface area contributed by atoms with E-state index in [1.54, 1.807) is 25.4 Å². The molecule has 0 amide bonds. The van der Waals surface area contributed by atoms with Gasteiger partial charge in [-0.3, -0.25) is 9.78 Å². The van der Waals surface area contributed by atoms with Gasteiger partial charge in [-0.15, -0.1) is 0 Å². The van der Waals surface area contributed by atoms with Gasteiger partial charge in [-0.05, 0) is 46.3 Å². The topological polar surface area (TPSA) is 39.2 Å². The van der Waals surface area contributed by atoms with Crippen molar-refractivity contribution in [1.82, 2.24) is 4.98 Å². The standard InChI is InChI=1S/C14H11Br2NO2/c1-19-13-5-4-10(15)7-9(13)8-12(18)14-11(16)3-2-6-17-14/h2-7H,8H2,1H3. The summed E-state index contributed by atoms with van der Waals surface area (Å²) in [5.74, 6) is 0.646. The van der Waals surface area contributed by atoms with Crippen LogP contribution in [-0.2, 0) is 6.42 Å². The number of benzene rings is 1. The lowest BCUT2D eigenvalue weighted by Gasteiger charge is -2.08. The van der Waals surface area contributed by atoms with E-state index in [2.05, 4.69) is 36.8 Å². The summed E-state index contributed by atoms with van der Waals surface area (Å²) in [4.78, 5) is 16.4. The molecule has 0 aliphatic rings. The Morgan fingerprint density at radius 1 is 1.32 bits per heavy atom. The Morgan fingerprint density at radius 2 is 2.11 bits per heavy atom. The van der Waals surface area contributed by atoms with Crippen molar-refractivity contribution < 1.29 is 9.53 Å². The van der Waals surface area contributed by atoms with Gasteiger partial charge in [0, 0.05) is 27.1 Å².